The fraction of sp³-hybridized carbons (Fsp3) is 0.333. The average molecular weight is 513 g/mol. The average Bonchev–Trinajstić information content (AvgIpc) is 3.32. The number of ether oxygens (including phenoxy) is 2. The lowest BCUT2D eigenvalue weighted by atomic mass is 10.1. The molecule has 0 N–H and O–H groups in total. The van der Waals surface area contributed by atoms with E-state index in [1.165, 1.54) is 18.4 Å². The number of rotatable bonds is 8. The van der Waals surface area contributed by atoms with E-state index >= 15 is 0 Å². The number of aryl methyl sites for hydroxylation is 1. The number of benzene rings is 2. The van der Waals surface area contributed by atoms with Crippen molar-refractivity contribution in [2.24, 2.45) is 0 Å². The van der Waals surface area contributed by atoms with Crippen LogP contribution in [0.4, 0.5) is 0 Å². The van der Waals surface area contributed by atoms with Gasteiger partial charge in [0.2, 0.25) is 0 Å². The normalized spacial score (nSPS) is 15.1. The number of hydrogen-bond donors (Lipinski definition) is 0. The zero-order chi connectivity index (χ0) is 24.8. The molecule has 3 aromatic rings. The smallest absolute Gasteiger partial charge is 0.337 e. The number of piperazine rings is 1. The van der Waals surface area contributed by atoms with Crippen molar-refractivity contribution < 1.29 is 19.1 Å². The van der Waals surface area contributed by atoms with Crippen LogP contribution in [-0.4, -0.2) is 61.5 Å². The van der Waals surface area contributed by atoms with E-state index in [2.05, 4.69) is 4.90 Å². The molecule has 0 unspecified atom stereocenters. The molecule has 2 aromatic carbocycles. The number of carbonyl (C=O) groups is 2. The van der Waals surface area contributed by atoms with Crippen molar-refractivity contribution >= 4 is 34.8 Å². The summed E-state index contributed by atoms with van der Waals surface area (Å²) >= 11 is 7.61. The highest BCUT2D eigenvalue weighted by Crippen LogP contribution is 2.24. The zero-order valence-electron chi connectivity index (χ0n) is 19.9. The second kappa shape index (κ2) is 11.8. The van der Waals surface area contributed by atoms with Gasteiger partial charge in [-0.1, -0.05) is 35.9 Å². The minimum Gasteiger partial charge on any atom is -0.465 e. The summed E-state index contributed by atoms with van der Waals surface area (Å²) in [7, 11) is 1.37. The Balaban J connectivity index is 1.38. The first-order chi connectivity index (χ1) is 16.9. The van der Waals surface area contributed by atoms with Crippen LogP contribution >= 0.6 is 22.9 Å². The summed E-state index contributed by atoms with van der Waals surface area (Å²) in [5.41, 5.74) is 3.57. The second-order valence-corrected chi connectivity index (χ2v) is 9.92. The van der Waals surface area contributed by atoms with Crippen molar-refractivity contribution in [2.45, 2.75) is 19.6 Å². The van der Waals surface area contributed by atoms with E-state index in [0.29, 0.717) is 36.8 Å². The van der Waals surface area contributed by atoms with Gasteiger partial charge in [0.15, 0.2) is 0 Å². The highest BCUT2D eigenvalue weighted by molar-refractivity contribution is 7.12. The Hall–Kier alpha value is -2.71. The molecule has 1 fully saturated rings. The number of methoxy groups -OCH3 is 1. The van der Waals surface area contributed by atoms with Crippen molar-refractivity contribution in [3.05, 3.63) is 92.1 Å². The van der Waals surface area contributed by atoms with Crippen LogP contribution in [0.25, 0.3) is 0 Å². The minimum absolute atomic E-state index is 0.123. The van der Waals surface area contributed by atoms with E-state index in [1.807, 2.05) is 59.7 Å². The van der Waals surface area contributed by atoms with E-state index in [4.69, 9.17) is 21.1 Å². The van der Waals surface area contributed by atoms with Crippen molar-refractivity contribution in [2.75, 3.05) is 39.8 Å². The molecule has 1 atom stereocenters. The molecule has 1 aliphatic rings. The molecule has 1 aromatic heterocycles. The molecule has 1 saturated heterocycles. The Labute approximate surface area is 215 Å². The number of amides is 1. The molecule has 0 bridgehead atoms. The van der Waals surface area contributed by atoms with Gasteiger partial charge < -0.3 is 14.4 Å². The third-order valence-electron chi connectivity index (χ3n) is 6.21. The van der Waals surface area contributed by atoms with Crippen LogP contribution in [-0.2, 0) is 16.1 Å². The van der Waals surface area contributed by atoms with Gasteiger partial charge in [0.1, 0.15) is 0 Å². The Bertz CT molecular complexity index is 1140. The van der Waals surface area contributed by atoms with E-state index in [-0.39, 0.29) is 18.0 Å². The molecular formula is C27H29ClN2O4S. The number of halogens is 1. The van der Waals surface area contributed by atoms with E-state index in [0.717, 1.165) is 34.7 Å². The molecule has 0 spiro atoms. The van der Waals surface area contributed by atoms with Crippen LogP contribution in [0.3, 0.4) is 0 Å². The van der Waals surface area contributed by atoms with Crippen molar-refractivity contribution in [3.63, 3.8) is 0 Å². The molecule has 0 aliphatic carbocycles. The maximum Gasteiger partial charge on any atom is 0.337 e. The Kier molecular flexibility index (Phi) is 8.57. The maximum absolute atomic E-state index is 12.9. The van der Waals surface area contributed by atoms with Crippen molar-refractivity contribution in [1.29, 1.82) is 0 Å². The van der Waals surface area contributed by atoms with E-state index in [1.54, 1.807) is 12.1 Å². The predicted molar refractivity (Wildman–Crippen MR) is 138 cm³/mol. The van der Waals surface area contributed by atoms with Gasteiger partial charge in [-0.15, -0.1) is 11.3 Å². The molecule has 184 valence electrons. The van der Waals surface area contributed by atoms with Gasteiger partial charge in [0, 0.05) is 37.7 Å². The number of esters is 1. The van der Waals surface area contributed by atoms with E-state index in [9.17, 15) is 9.59 Å². The molecule has 8 heteroatoms. The summed E-state index contributed by atoms with van der Waals surface area (Å²) in [4.78, 5) is 29.7. The van der Waals surface area contributed by atoms with Gasteiger partial charge in [0.05, 0.1) is 30.3 Å². The first-order valence-corrected chi connectivity index (χ1v) is 12.8. The SMILES string of the molecule is COC(=O)c1ccc(CO[C@@H](CN2CCN(C(=O)c3sccc3C)CC2)c2ccc(Cl)cc2)cc1. The minimum atomic E-state index is -0.358. The first-order valence-electron chi connectivity index (χ1n) is 11.5. The monoisotopic (exact) mass is 512 g/mol. The molecule has 0 radical (unpaired) electrons. The molecular weight excluding hydrogens is 484 g/mol. The van der Waals surface area contributed by atoms with Crippen LogP contribution < -0.4 is 0 Å². The lowest BCUT2D eigenvalue weighted by Crippen LogP contribution is -2.49. The maximum atomic E-state index is 12.9. The standard InChI is InChI=1S/C27H29ClN2O4S/c1-19-11-16-35-25(19)26(31)30-14-12-29(13-15-30)17-24(21-7-9-23(28)10-8-21)34-18-20-3-5-22(6-4-20)27(32)33-2/h3-11,16,24H,12-15,17-18H2,1-2H3/t24-/m0/s1. The largest absolute Gasteiger partial charge is 0.465 e. The van der Waals surface area contributed by atoms with Crippen LogP contribution in [0.5, 0.6) is 0 Å². The lowest BCUT2D eigenvalue weighted by molar-refractivity contribution is 0.00345. The summed E-state index contributed by atoms with van der Waals surface area (Å²) < 4.78 is 11.1. The Morgan fingerprint density at radius 1 is 1.00 bits per heavy atom. The molecule has 4 rings (SSSR count). The number of carbonyl (C=O) groups excluding carboxylic acids is 2. The summed E-state index contributed by atoms with van der Waals surface area (Å²) in [5, 5.41) is 2.65. The number of nitrogens with zero attached hydrogens (tertiary/aromatic N) is 2. The molecule has 6 nitrogen and oxygen atoms in total. The Morgan fingerprint density at radius 2 is 1.69 bits per heavy atom. The van der Waals surface area contributed by atoms with Gasteiger partial charge in [-0.25, -0.2) is 4.79 Å². The fourth-order valence-corrected chi connectivity index (χ4v) is 5.11. The van der Waals surface area contributed by atoms with Crippen LogP contribution in [0.1, 0.15) is 42.8 Å². The van der Waals surface area contributed by atoms with Gasteiger partial charge in [0.25, 0.3) is 5.91 Å². The van der Waals surface area contributed by atoms with Crippen LogP contribution in [0.2, 0.25) is 5.02 Å². The third-order valence-corrected chi connectivity index (χ3v) is 7.46. The highest BCUT2D eigenvalue weighted by Gasteiger charge is 2.26. The Morgan fingerprint density at radius 3 is 2.29 bits per heavy atom. The molecule has 35 heavy (non-hydrogen) atoms. The van der Waals surface area contributed by atoms with E-state index < -0.39 is 0 Å². The van der Waals surface area contributed by atoms with Crippen molar-refractivity contribution in [3.8, 4) is 0 Å². The van der Waals surface area contributed by atoms with Crippen LogP contribution in [0.15, 0.2) is 60.0 Å². The van der Waals surface area contributed by atoms with Gasteiger partial charge in [-0.05, 0) is 59.3 Å². The van der Waals surface area contributed by atoms with Crippen LogP contribution in [0, 0.1) is 6.92 Å². The summed E-state index contributed by atoms with van der Waals surface area (Å²) in [6.45, 7) is 6.07. The van der Waals surface area contributed by atoms with Gasteiger partial charge >= 0.3 is 5.97 Å². The topological polar surface area (TPSA) is 59.1 Å². The quantitative estimate of drug-likeness (QED) is 0.388. The lowest BCUT2D eigenvalue weighted by Gasteiger charge is -2.36. The molecule has 2 heterocycles. The highest BCUT2D eigenvalue weighted by atomic mass is 35.5. The van der Waals surface area contributed by atoms with Gasteiger partial charge in [-0.2, -0.15) is 0 Å². The first kappa shape index (κ1) is 25.4. The number of thiophene rings is 1. The summed E-state index contributed by atoms with van der Waals surface area (Å²) in [6.07, 6.45) is -0.158. The number of hydrogen-bond acceptors (Lipinski definition) is 6. The second-order valence-electron chi connectivity index (χ2n) is 8.57. The predicted octanol–water partition coefficient (Wildman–Crippen LogP) is 5.21. The fourth-order valence-electron chi connectivity index (χ4n) is 4.09. The third kappa shape index (κ3) is 6.49. The zero-order valence-corrected chi connectivity index (χ0v) is 21.5. The summed E-state index contributed by atoms with van der Waals surface area (Å²) in [5.74, 6) is -0.235. The summed E-state index contributed by atoms with van der Waals surface area (Å²) in [6, 6.07) is 17.0. The molecule has 1 amide bonds. The van der Waals surface area contributed by atoms with Crippen molar-refractivity contribution in [1.82, 2.24) is 9.80 Å². The molecule has 0 saturated carbocycles. The van der Waals surface area contributed by atoms with Gasteiger partial charge in [-0.3, -0.25) is 9.69 Å². The molecule has 1 aliphatic heterocycles.